The van der Waals surface area contributed by atoms with Crippen LogP contribution in [0.15, 0.2) is 6.07 Å². The zero-order chi connectivity index (χ0) is 13.9. The quantitative estimate of drug-likeness (QED) is 0.738. The minimum atomic E-state index is -1.03. The van der Waals surface area contributed by atoms with Crippen molar-refractivity contribution in [3.63, 3.8) is 0 Å². The van der Waals surface area contributed by atoms with Gasteiger partial charge < -0.3 is 20.9 Å². The van der Waals surface area contributed by atoms with Gasteiger partial charge in [-0.1, -0.05) is 6.07 Å². The van der Waals surface area contributed by atoms with Crippen molar-refractivity contribution < 1.29 is 14.6 Å². The number of aryl methyl sites for hydroxylation is 2. The summed E-state index contributed by atoms with van der Waals surface area (Å²) in [7, 11) is 1.60. The minimum absolute atomic E-state index is 0.162. The highest BCUT2D eigenvalue weighted by Crippen LogP contribution is 2.33. The van der Waals surface area contributed by atoms with Crippen LogP contribution >= 0.6 is 0 Å². The molecular formula is C13H20N2O3. The van der Waals surface area contributed by atoms with Crippen molar-refractivity contribution in [3.05, 3.63) is 22.8 Å². The molecule has 0 saturated carbocycles. The molecule has 5 heteroatoms. The highest BCUT2D eigenvalue weighted by Gasteiger charge is 2.15. The summed E-state index contributed by atoms with van der Waals surface area (Å²) in [5.74, 6) is -0.284. The van der Waals surface area contributed by atoms with Crippen molar-refractivity contribution in [2.75, 3.05) is 19.0 Å². The normalized spacial score (nSPS) is 12.1. The van der Waals surface area contributed by atoms with Crippen molar-refractivity contribution in [2.24, 2.45) is 5.73 Å². The molecule has 1 aromatic rings. The van der Waals surface area contributed by atoms with E-state index in [2.05, 4.69) is 5.32 Å². The van der Waals surface area contributed by atoms with E-state index in [0.717, 1.165) is 28.1 Å². The molecule has 1 unspecified atom stereocenters. The second kappa shape index (κ2) is 5.73. The number of methoxy groups -OCH3 is 1. The summed E-state index contributed by atoms with van der Waals surface area (Å²) in [5, 5.41) is 11.8. The third-order valence-electron chi connectivity index (χ3n) is 3.01. The van der Waals surface area contributed by atoms with Crippen LogP contribution in [0.25, 0.3) is 0 Å². The molecule has 1 rings (SSSR count). The molecule has 100 valence electrons. The Hall–Kier alpha value is -1.75. The first-order valence-corrected chi connectivity index (χ1v) is 5.75. The number of ether oxygens (including phenoxy) is 1. The second-order valence-corrected chi connectivity index (χ2v) is 4.37. The van der Waals surface area contributed by atoms with E-state index in [1.165, 1.54) is 0 Å². The second-order valence-electron chi connectivity index (χ2n) is 4.37. The Balaban J connectivity index is 3.01. The van der Waals surface area contributed by atoms with Crippen molar-refractivity contribution in [2.45, 2.75) is 26.8 Å². The van der Waals surface area contributed by atoms with Gasteiger partial charge in [-0.3, -0.25) is 4.79 Å². The summed E-state index contributed by atoms with van der Waals surface area (Å²) in [6, 6.07) is 1.10. The minimum Gasteiger partial charge on any atom is -0.494 e. The molecule has 0 heterocycles. The Morgan fingerprint density at radius 3 is 2.56 bits per heavy atom. The van der Waals surface area contributed by atoms with Crippen molar-refractivity contribution in [1.29, 1.82) is 0 Å². The predicted octanol–water partition coefficient (Wildman–Crippen LogP) is 1.44. The van der Waals surface area contributed by atoms with E-state index in [4.69, 9.17) is 15.6 Å². The molecule has 5 nitrogen and oxygen atoms in total. The maximum Gasteiger partial charge on any atom is 0.322 e. The van der Waals surface area contributed by atoms with Gasteiger partial charge in [-0.25, -0.2) is 0 Å². The number of hydrogen-bond acceptors (Lipinski definition) is 4. The summed E-state index contributed by atoms with van der Waals surface area (Å²) in [6.45, 7) is 6.09. The number of hydrogen-bond donors (Lipinski definition) is 3. The number of nitrogens with two attached hydrogens (primary N) is 1. The molecule has 18 heavy (non-hydrogen) atoms. The van der Waals surface area contributed by atoms with Crippen molar-refractivity contribution in [1.82, 2.24) is 0 Å². The maximum atomic E-state index is 10.7. The number of carboxylic acids is 1. The fraction of sp³-hybridized carbons (Fsp3) is 0.462. The molecule has 0 fully saturated rings. The number of carboxylic acid groups (broad SMARTS) is 1. The lowest BCUT2D eigenvalue weighted by molar-refractivity contribution is -0.138. The van der Waals surface area contributed by atoms with Crippen LogP contribution in [0, 0.1) is 20.8 Å². The zero-order valence-corrected chi connectivity index (χ0v) is 11.2. The van der Waals surface area contributed by atoms with E-state index in [0.29, 0.717) is 0 Å². The summed E-state index contributed by atoms with van der Waals surface area (Å²) >= 11 is 0. The summed E-state index contributed by atoms with van der Waals surface area (Å²) in [5.41, 5.74) is 9.45. The number of aliphatic carboxylic acids is 1. The lowest BCUT2D eigenvalue weighted by atomic mass is 10.0. The first-order valence-electron chi connectivity index (χ1n) is 5.75. The molecule has 0 aliphatic carbocycles. The van der Waals surface area contributed by atoms with Gasteiger partial charge in [-0.05, 0) is 37.5 Å². The van der Waals surface area contributed by atoms with E-state index >= 15 is 0 Å². The average Bonchev–Trinajstić information content (AvgIpc) is 2.31. The summed E-state index contributed by atoms with van der Waals surface area (Å²) < 4.78 is 5.38. The standard InChI is InChI=1S/C13H20N2O3/c1-7-5-8(2)11(12(18-4)9(7)3)15-6-10(14)13(16)17/h5,10,15H,6,14H2,1-4H3,(H,16,17). The van der Waals surface area contributed by atoms with Gasteiger partial charge in [0.1, 0.15) is 11.8 Å². The fourth-order valence-electron chi connectivity index (χ4n) is 1.83. The lowest BCUT2D eigenvalue weighted by Gasteiger charge is -2.19. The Labute approximate surface area is 107 Å². The average molecular weight is 252 g/mol. The van der Waals surface area contributed by atoms with E-state index in [9.17, 15) is 4.79 Å². The largest absolute Gasteiger partial charge is 0.494 e. The molecule has 0 aliphatic heterocycles. The van der Waals surface area contributed by atoms with Crippen LogP contribution in [-0.2, 0) is 4.79 Å². The Morgan fingerprint density at radius 2 is 2.06 bits per heavy atom. The van der Waals surface area contributed by atoms with E-state index < -0.39 is 12.0 Å². The highest BCUT2D eigenvalue weighted by atomic mass is 16.5. The van der Waals surface area contributed by atoms with Crippen LogP contribution in [0.5, 0.6) is 5.75 Å². The van der Waals surface area contributed by atoms with E-state index in [1.807, 2.05) is 26.8 Å². The molecule has 0 amide bonds. The van der Waals surface area contributed by atoms with Gasteiger partial charge in [-0.2, -0.15) is 0 Å². The molecule has 0 spiro atoms. The fourth-order valence-corrected chi connectivity index (χ4v) is 1.83. The van der Waals surface area contributed by atoms with E-state index in [1.54, 1.807) is 7.11 Å². The molecule has 0 radical (unpaired) electrons. The number of rotatable bonds is 5. The third kappa shape index (κ3) is 2.92. The molecule has 0 saturated heterocycles. The molecule has 1 aromatic carbocycles. The monoisotopic (exact) mass is 252 g/mol. The van der Waals surface area contributed by atoms with Gasteiger partial charge in [0, 0.05) is 6.54 Å². The Bertz CT molecular complexity index is 458. The highest BCUT2D eigenvalue weighted by molar-refractivity contribution is 5.75. The van der Waals surface area contributed by atoms with Gasteiger partial charge in [-0.15, -0.1) is 0 Å². The van der Waals surface area contributed by atoms with Crippen LogP contribution in [0.4, 0.5) is 5.69 Å². The SMILES string of the molecule is COc1c(C)c(C)cc(C)c1NCC(N)C(=O)O. The molecule has 0 aromatic heterocycles. The van der Waals surface area contributed by atoms with Crippen LogP contribution in [0.3, 0.4) is 0 Å². The van der Waals surface area contributed by atoms with Crippen molar-refractivity contribution in [3.8, 4) is 5.75 Å². The number of benzene rings is 1. The first-order chi connectivity index (χ1) is 8.38. The molecule has 0 aliphatic rings. The third-order valence-corrected chi connectivity index (χ3v) is 3.01. The Morgan fingerprint density at radius 1 is 1.44 bits per heavy atom. The van der Waals surface area contributed by atoms with Gasteiger partial charge >= 0.3 is 5.97 Å². The smallest absolute Gasteiger partial charge is 0.322 e. The maximum absolute atomic E-state index is 10.7. The molecule has 0 bridgehead atoms. The van der Waals surface area contributed by atoms with E-state index in [-0.39, 0.29) is 6.54 Å². The number of anilines is 1. The first kappa shape index (κ1) is 14.3. The van der Waals surface area contributed by atoms with Crippen molar-refractivity contribution >= 4 is 11.7 Å². The molecule has 1 atom stereocenters. The van der Waals surface area contributed by atoms with Crippen LogP contribution in [0.2, 0.25) is 0 Å². The van der Waals surface area contributed by atoms with Crippen LogP contribution < -0.4 is 15.8 Å². The molecular weight excluding hydrogens is 232 g/mol. The molecule has 4 N–H and O–H groups in total. The summed E-state index contributed by atoms with van der Waals surface area (Å²) in [4.78, 5) is 10.7. The predicted molar refractivity (Wildman–Crippen MR) is 71.3 cm³/mol. The topological polar surface area (TPSA) is 84.6 Å². The number of nitrogens with one attached hydrogen (secondary N) is 1. The van der Waals surface area contributed by atoms with Gasteiger partial charge in [0.05, 0.1) is 12.8 Å². The van der Waals surface area contributed by atoms with Gasteiger partial charge in [0.2, 0.25) is 0 Å². The number of carbonyl (C=O) groups is 1. The summed E-state index contributed by atoms with van der Waals surface area (Å²) in [6.07, 6.45) is 0. The zero-order valence-electron chi connectivity index (χ0n) is 11.2. The van der Waals surface area contributed by atoms with Crippen LogP contribution in [0.1, 0.15) is 16.7 Å². The van der Waals surface area contributed by atoms with Crippen LogP contribution in [-0.4, -0.2) is 30.8 Å². The van der Waals surface area contributed by atoms with Gasteiger partial charge in [0.25, 0.3) is 0 Å². The Kier molecular flexibility index (Phi) is 4.55. The lowest BCUT2D eigenvalue weighted by Crippen LogP contribution is -2.37. The van der Waals surface area contributed by atoms with Gasteiger partial charge in [0.15, 0.2) is 0 Å².